The summed E-state index contributed by atoms with van der Waals surface area (Å²) in [5, 5.41) is 0.737. The molecule has 44 heavy (non-hydrogen) atoms. The van der Waals surface area contributed by atoms with Crippen molar-refractivity contribution in [2.24, 2.45) is 0 Å². The topological polar surface area (TPSA) is 44.8 Å². The van der Waals surface area contributed by atoms with Crippen LogP contribution in [0.1, 0.15) is 50.7 Å². The first-order chi connectivity index (χ1) is 20.9. The number of hydrogen-bond donors (Lipinski definition) is 0. The van der Waals surface area contributed by atoms with Gasteiger partial charge in [-0.3, -0.25) is 4.79 Å². The van der Waals surface area contributed by atoms with E-state index in [1.807, 2.05) is 117 Å². The quantitative estimate of drug-likeness (QED) is 0.133. The van der Waals surface area contributed by atoms with Gasteiger partial charge in [-0.25, -0.2) is 0 Å². The molecular formula is C38H38LiO4P. The molecule has 0 aromatic heterocycles. The molecule has 1 atom stereocenters. The number of hydrogen-bond acceptors (Lipinski definition) is 4. The van der Waals surface area contributed by atoms with E-state index >= 15 is 0 Å². The average molecular weight is 597 g/mol. The van der Waals surface area contributed by atoms with E-state index in [2.05, 4.69) is 19.9 Å². The molecule has 0 fully saturated rings. The van der Waals surface area contributed by atoms with E-state index in [0.29, 0.717) is 37.1 Å². The first-order valence-corrected chi connectivity index (χ1v) is 15.5. The van der Waals surface area contributed by atoms with Crippen molar-refractivity contribution >= 4 is 19.4 Å². The Balaban J connectivity index is 0.00000276. The van der Waals surface area contributed by atoms with Gasteiger partial charge in [0.15, 0.2) is 5.52 Å². The Hall–Kier alpha value is -3.80. The molecular weight excluding hydrogens is 558 g/mol. The molecule has 0 radical (unpaired) electrons. The van der Waals surface area contributed by atoms with Gasteiger partial charge in [-0.1, -0.05) is 97.1 Å². The minimum Gasteiger partial charge on any atom is -1.00 e. The Labute approximate surface area is 276 Å². The molecule has 5 aromatic carbocycles. The molecule has 0 aliphatic carbocycles. The summed E-state index contributed by atoms with van der Waals surface area (Å²) >= 11 is 0. The van der Waals surface area contributed by atoms with E-state index in [1.165, 1.54) is 5.56 Å². The molecule has 4 nitrogen and oxygen atoms in total. The number of benzene rings is 5. The third kappa shape index (κ3) is 8.43. The fourth-order valence-electron chi connectivity index (χ4n) is 5.02. The van der Waals surface area contributed by atoms with Gasteiger partial charge in [0.05, 0.1) is 5.30 Å². The third-order valence-electron chi connectivity index (χ3n) is 7.58. The van der Waals surface area contributed by atoms with Crippen LogP contribution in [-0.4, -0.2) is 5.52 Å². The molecule has 6 heteroatoms. The van der Waals surface area contributed by atoms with Gasteiger partial charge < -0.3 is 15.6 Å². The second-order valence-corrected chi connectivity index (χ2v) is 11.9. The van der Waals surface area contributed by atoms with E-state index in [1.54, 1.807) is 0 Å². The summed E-state index contributed by atoms with van der Waals surface area (Å²) in [7, 11) is -0.199. The summed E-state index contributed by atoms with van der Waals surface area (Å²) in [5.74, 6) is 1.79. The zero-order valence-corrected chi connectivity index (χ0v) is 27.1. The largest absolute Gasteiger partial charge is 1.00 e. The molecule has 5 aromatic rings. The standard InChI is InChI=1S/C38H37O4P.Li.H/c1-26-20-27(2)36(29(4)28(26)3)38(39)43-37-34(41-24-31-16-10-6-11-17-31)21-33(40-23-30-14-8-5-9-15-30)22-35(37)42-25-32-18-12-7-13-19-32;;/h5-22,43H,23-25H2,1-4H3;;/q;+1;-1. The van der Waals surface area contributed by atoms with Crippen molar-refractivity contribution in [1.29, 1.82) is 0 Å². The van der Waals surface area contributed by atoms with Gasteiger partial charge in [0.1, 0.15) is 37.1 Å². The number of rotatable bonds is 12. The maximum atomic E-state index is 14.0. The van der Waals surface area contributed by atoms with Crippen LogP contribution in [0.15, 0.2) is 109 Å². The zero-order chi connectivity index (χ0) is 30.2. The molecule has 0 heterocycles. The Bertz CT molecular complexity index is 1630. The predicted octanol–water partition coefficient (Wildman–Crippen LogP) is 5.92. The third-order valence-corrected chi connectivity index (χ3v) is 8.80. The number of carbonyl (C=O) groups excluding carboxylic acids is 1. The van der Waals surface area contributed by atoms with Crippen molar-refractivity contribution in [2.45, 2.75) is 47.5 Å². The van der Waals surface area contributed by atoms with Crippen LogP contribution in [0, 0.1) is 27.7 Å². The number of ether oxygens (including phenoxy) is 3. The van der Waals surface area contributed by atoms with Crippen molar-refractivity contribution in [3.8, 4) is 17.2 Å². The molecule has 0 saturated carbocycles. The van der Waals surface area contributed by atoms with Gasteiger partial charge in [-0.2, -0.15) is 0 Å². The van der Waals surface area contributed by atoms with Gasteiger partial charge in [-0.05, 0) is 75.2 Å². The Morgan fingerprint density at radius 1 is 0.591 bits per heavy atom. The smallest absolute Gasteiger partial charge is 1.00 e. The van der Waals surface area contributed by atoms with Gasteiger partial charge in [0, 0.05) is 17.7 Å². The minimum atomic E-state index is -0.199. The second-order valence-electron chi connectivity index (χ2n) is 10.7. The molecule has 0 amide bonds. The number of carbonyl (C=O) groups is 1. The van der Waals surface area contributed by atoms with Crippen LogP contribution in [0.2, 0.25) is 0 Å². The molecule has 0 bridgehead atoms. The molecule has 220 valence electrons. The molecule has 0 saturated heterocycles. The zero-order valence-electron chi connectivity index (χ0n) is 27.1. The molecule has 0 N–H and O–H groups in total. The summed E-state index contributed by atoms with van der Waals surface area (Å²) in [6, 6.07) is 35.9. The van der Waals surface area contributed by atoms with Gasteiger partial charge >= 0.3 is 18.9 Å². The van der Waals surface area contributed by atoms with Crippen LogP contribution in [0.25, 0.3) is 0 Å². The summed E-state index contributed by atoms with van der Waals surface area (Å²) in [6.45, 7) is 9.32. The van der Waals surface area contributed by atoms with Gasteiger partial charge in [0.2, 0.25) is 0 Å². The molecule has 0 aliphatic rings. The summed E-state index contributed by atoms with van der Waals surface area (Å²) in [6.07, 6.45) is 0. The van der Waals surface area contributed by atoms with Crippen molar-refractivity contribution in [3.05, 3.63) is 154 Å². The Kier molecular flexibility index (Phi) is 11.9. The second kappa shape index (κ2) is 15.8. The Morgan fingerprint density at radius 3 is 1.48 bits per heavy atom. The SMILES string of the molecule is Cc1cc(C)c(C(=O)Pc2c(OCc3ccccc3)cc(OCc3ccccc3)cc2OCc2ccccc2)c(C)c1C.[H-].[Li+]. The van der Waals surface area contributed by atoms with E-state index in [4.69, 9.17) is 14.2 Å². The van der Waals surface area contributed by atoms with E-state index in [9.17, 15) is 4.79 Å². The monoisotopic (exact) mass is 596 g/mol. The summed E-state index contributed by atoms with van der Waals surface area (Å²) < 4.78 is 19.1. The summed E-state index contributed by atoms with van der Waals surface area (Å²) in [4.78, 5) is 14.0. The normalized spacial score (nSPS) is 10.8. The minimum absolute atomic E-state index is 0. The first kappa shape index (κ1) is 33.1. The molecule has 5 rings (SSSR count). The maximum Gasteiger partial charge on any atom is 1.00 e. The van der Waals surface area contributed by atoms with Gasteiger partial charge in [-0.15, -0.1) is 0 Å². The first-order valence-electron chi connectivity index (χ1n) is 14.5. The fraction of sp³-hybridized carbons (Fsp3) is 0.184. The van der Waals surface area contributed by atoms with Crippen LogP contribution in [0.5, 0.6) is 17.2 Å². The van der Waals surface area contributed by atoms with E-state index < -0.39 is 0 Å². The predicted molar refractivity (Wildman–Crippen MR) is 178 cm³/mol. The average Bonchev–Trinajstić information content (AvgIpc) is 3.03. The van der Waals surface area contributed by atoms with Crippen LogP contribution in [0.3, 0.4) is 0 Å². The van der Waals surface area contributed by atoms with Crippen molar-refractivity contribution in [2.75, 3.05) is 0 Å². The van der Waals surface area contributed by atoms with Crippen LogP contribution < -0.4 is 38.4 Å². The Morgan fingerprint density at radius 2 is 1.02 bits per heavy atom. The van der Waals surface area contributed by atoms with Crippen LogP contribution in [0.4, 0.5) is 0 Å². The van der Waals surface area contributed by atoms with Crippen LogP contribution >= 0.6 is 8.58 Å². The summed E-state index contributed by atoms with van der Waals surface area (Å²) in [5.41, 5.74) is 8.30. The van der Waals surface area contributed by atoms with Crippen molar-refractivity contribution in [3.63, 3.8) is 0 Å². The van der Waals surface area contributed by atoms with Crippen molar-refractivity contribution < 1.29 is 39.3 Å². The van der Waals surface area contributed by atoms with Crippen molar-refractivity contribution in [1.82, 2.24) is 0 Å². The fourth-order valence-corrected chi connectivity index (χ4v) is 6.29. The molecule has 0 spiro atoms. The van der Waals surface area contributed by atoms with Gasteiger partial charge in [0.25, 0.3) is 0 Å². The van der Waals surface area contributed by atoms with Crippen LogP contribution in [-0.2, 0) is 19.8 Å². The van der Waals surface area contributed by atoms with E-state index in [0.717, 1.165) is 44.2 Å². The molecule has 0 aliphatic heterocycles. The maximum absolute atomic E-state index is 14.0. The molecule has 1 unspecified atom stereocenters. The number of aryl methyl sites for hydroxylation is 2. The van der Waals surface area contributed by atoms with E-state index in [-0.39, 0.29) is 34.4 Å².